The molecular formula is C11H16N4O6. The van der Waals surface area contributed by atoms with E-state index in [-0.39, 0.29) is 19.0 Å². The van der Waals surface area contributed by atoms with Crippen LogP contribution in [0.15, 0.2) is 11.1 Å². The van der Waals surface area contributed by atoms with E-state index >= 15 is 0 Å². The summed E-state index contributed by atoms with van der Waals surface area (Å²) < 4.78 is 11.1. The number of hydrogen-bond donors (Lipinski definition) is 3. The molecule has 0 radical (unpaired) electrons. The minimum absolute atomic E-state index is 0.0500. The maximum absolute atomic E-state index is 12.2. The number of aromatic nitrogens is 3. The van der Waals surface area contributed by atoms with Gasteiger partial charge in [0.25, 0.3) is 5.72 Å². The number of carbonyl (C=O) groups is 1. The first-order valence-electron chi connectivity index (χ1n) is 6.30. The van der Waals surface area contributed by atoms with Gasteiger partial charge in [0.05, 0.1) is 19.3 Å². The van der Waals surface area contributed by atoms with E-state index in [1.807, 2.05) is 0 Å². The molecule has 0 aliphatic carbocycles. The fourth-order valence-corrected chi connectivity index (χ4v) is 2.17. The Balaban J connectivity index is 2.52. The first-order chi connectivity index (χ1) is 9.94. The average molecular weight is 300 g/mol. The molecule has 0 amide bonds. The lowest BCUT2D eigenvalue weighted by Crippen LogP contribution is -2.49. The summed E-state index contributed by atoms with van der Waals surface area (Å²) in [5.41, 5.74) is 2.51. The lowest BCUT2D eigenvalue weighted by Gasteiger charge is -2.27. The molecule has 1 saturated heterocycles. The van der Waals surface area contributed by atoms with Crippen LogP contribution < -0.4 is 11.4 Å². The van der Waals surface area contributed by atoms with Crippen molar-refractivity contribution >= 4 is 11.9 Å². The highest BCUT2D eigenvalue weighted by atomic mass is 16.6. The SMILES string of the molecule is CCOC(=O)[C@]1(n2cnc(N)nc2=O)C[C@H](O)[C@@H](CO)O1. The second-order valence-electron chi connectivity index (χ2n) is 4.48. The maximum Gasteiger partial charge on any atom is 0.360 e. The van der Waals surface area contributed by atoms with Gasteiger partial charge in [0.15, 0.2) is 0 Å². The molecule has 1 aliphatic rings. The molecule has 10 heteroatoms. The Hall–Kier alpha value is -2.04. The number of anilines is 1. The molecule has 0 saturated carbocycles. The van der Waals surface area contributed by atoms with Crippen LogP contribution in [-0.2, 0) is 20.0 Å². The fourth-order valence-electron chi connectivity index (χ4n) is 2.17. The number of aliphatic hydroxyl groups excluding tert-OH is 2. The molecule has 0 aromatic carbocycles. The van der Waals surface area contributed by atoms with Gasteiger partial charge in [-0.25, -0.2) is 19.1 Å². The third kappa shape index (κ3) is 2.60. The van der Waals surface area contributed by atoms with Crippen LogP contribution in [0.2, 0.25) is 0 Å². The van der Waals surface area contributed by atoms with Gasteiger partial charge in [-0.2, -0.15) is 4.98 Å². The predicted molar refractivity (Wildman–Crippen MR) is 67.9 cm³/mol. The molecule has 3 atom stereocenters. The Morgan fingerprint density at radius 2 is 2.43 bits per heavy atom. The highest BCUT2D eigenvalue weighted by Gasteiger charge is 2.54. The Morgan fingerprint density at radius 3 is 2.95 bits per heavy atom. The van der Waals surface area contributed by atoms with Crippen LogP contribution in [-0.4, -0.2) is 56.1 Å². The normalized spacial score (nSPS) is 28.5. The monoisotopic (exact) mass is 300 g/mol. The molecule has 1 aliphatic heterocycles. The second-order valence-corrected chi connectivity index (χ2v) is 4.48. The van der Waals surface area contributed by atoms with Crippen LogP contribution in [0.3, 0.4) is 0 Å². The van der Waals surface area contributed by atoms with E-state index in [0.29, 0.717) is 0 Å². The van der Waals surface area contributed by atoms with Crippen molar-refractivity contribution < 1.29 is 24.5 Å². The minimum Gasteiger partial charge on any atom is -0.462 e. The number of nitrogens with zero attached hydrogens (tertiary/aromatic N) is 3. The predicted octanol–water partition coefficient (Wildman–Crippen LogP) is -2.42. The smallest absolute Gasteiger partial charge is 0.360 e. The van der Waals surface area contributed by atoms with E-state index in [9.17, 15) is 14.7 Å². The molecule has 2 heterocycles. The molecule has 0 unspecified atom stereocenters. The summed E-state index contributed by atoms with van der Waals surface area (Å²) >= 11 is 0. The zero-order chi connectivity index (χ0) is 15.6. The largest absolute Gasteiger partial charge is 0.462 e. The van der Waals surface area contributed by atoms with Gasteiger partial charge in [-0.3, -0.25) is 0 Å². The Morgan fingerprint density at radius 1 is 1.71 bits per heavy atom. The number of hydrogen-bond acceptors (Lipinski definition) is 9. The van der Waals surface area contributed by atoms with Crippen molar-refractivity contribution in [3.8, 4) is 0 Å². The van der Waals surface area contributed by atoms with Crippen molar-refractivity contribution in [1.29, 1.82) is 0 Å². The Bertz CT molecular complexity index is 590. The lowest BCUT2D eigenvalue weighted by molar-refractivity contribution is -0.189. The van der Waals surface area contributed by atoms with Crippen LogP contribution in [0.25, 0.3) is 0 Å². The number of rotatable bonds is 4. The van der Waals surface area contributed by atoms with Crippen LogP contribution in [0.1, 0.15) is 13.3 Å². The van der Waals surface area contributed by atoms with Crippen LogP contribution in [0.4, 0.5) is 5.95 Å². The van der Waals surface area contributed by atoms with Crippen LogP contribution >= 0.6 is 0 Å². The third-order valence-corrected chi connectivity index (χ3v) is 3.15. The van der Waals surface area contributed by atoms with Gasteiger partial charge in [-0.05, 0) is 6.92 Å². The molecule has 2 rings (SSSR count). The molecule has 0 spiro atoms. The number of esters is 1. The summed E-state index contributed by atoms with van der Waals surface area (Å²) in [7, 11) is 0. The van der Waals surface area contributed by atoms with E-state index in [0.717, 1.165) is 10.9 Å². The number of nitrogen functional groups attached to an aromatic ring is 1. The zero-order valence-electron chi connectivity index (χ0n) is 11.3. The van der Waals surface area contributed by atoms with Crippen molar-refractivity contribution in [3.05, 3.63) is 16.8 Å². The Labute approximate surface area is 119 Å². The van der Waals surface area contributed by atoms with E-state index in [1.165, 1.54) is 0 Å². The van der Waals surface area contributed by atoms with Crippen molar-refractivity contribution in [2.24, 2.45) is 0 Å². The zero-order valence-corrected chi connectivity index (χ0v) is 11.3. The first-order valence-corrected chi connectivity index (χ1v) is 6.30. The highest BCUT2D eigenvalue weighted by Crippen LogP contribution is 2.35. The van der Waals surface area contributed by atoms with Crippen molar-refractivity contribution in [3.63, 3.8) is 0 Å². The summed E-state index contributed by atoms with van der Waals surface area (Å²) in [4.78, 5) is 31.2. The van der Waals surface area contributed by atoms with Crippen LogP contribution in [0.5, 0.6) is 0 Å². The van der Waals surface area contributed by atoms with E-state index < -0.39 is 36.2 Å². The lowest BCUT2D eigenvalue weighted by atomic mass is 10.1. The number of carbonyl (C=O) groups excluding carboxylic acids is 1. The van der Waals surface area contributed by atoms with Gasteiger partial charge in [0, 0.05) is 6.42 Å². The quantitative estimate of drug-likeness (QED) is 0.516. The summed E-state index contributed by atoms with van der Waals surface area (Å²) in [6.45, 7) is 1.12. The summed E-state index contributed by atoms with van der Waals surface area (Å²) in [5, 5.41) is 19.0. The summed E-state index contributed by atoms with van der Waals surface area (Å²) in [6.07, 6.45) is -1.46. The number of ether oxygens (including phenoxy) is 2. The summed E-state index contributed by atoms with van der Waals surface area (Å²) in [5.74, 6) is -1.14. The number of nitrogens with two attached hydrogens (primary N) is 1. The molecule has 10 nitrogen and oxygen atoms in total. The van der Waals surface area contributed by atoms with Crippen molar-refractivity contribution in [1.82, 2.24) is 14.5 Å². The molecule has 4 N–H and O–H groups in total. The topological polar surface area (TPSA) is 150 Å². The fraction of sp³-hybridized carbons (Fsp3) is 0.636. The average Bonchev–Trinajstić information content (AvgIpc) is 2.77. The van der Waals surface area contributed by atoms with Gasteiger partial charge in [-0.1, -0.05) is 0 Å². The molecule has 1 aromatic heterocycles. The Kier molecular flexibility index (Phi) is 4.21. The first kappa shape index (κ1) is 15.4. The molecular weight excluding hydrogens is 284 g/mol. The van der Waals surface area contributed by atoms with Gasteiger partial charge in [-0.15, -0.1) is 0 Å². The highest BCUT2D eigenvalue weighted by molar-refractivity contribution is 5.77. The van der Waals surface area contributed by atoms with Crippen molar-refractivity contribution in [2.75, 3.05) is 18.9 Å². The van der Waals surface area contributed by atoms with Crippen molar-refractivity contribution in [2.45, 2.75) is 31.3 Å². The van der Waals surface area contributed by atoms with Gasteiger partial charge < -0.3 is 25.4 Å². The maximum atomic E-state index is 12.2. The molecule has 1 aromatic rings. The second kappa shape index (κ2) is 5.76. The summed E-state index contributed by atoms with van der Waals surface area (Å²) in [6, 6.07) is 0. The minimum atomic E-state index is -1.92. The van der Waals surface area contributed by atoms with Gasteiger partial charge in [0.1, 0.15) is 12.4 Å². The molecule has 1 fully saturated rings. The molecule has 21 heavy (non-hydrogen) atoms. The standard InChI is InChI=1S/C11H16N4O6/c1-2-20-8(18)11(3-6(17)7(4-16)21-11)15-5-13-9(12)14-10(15)19/h5-7,16-17H,2-4H2,1H3,(H2,12,14,19)/t6-,7+,11-/m0/s1. The van der Waals surface area contributed by atoms with E-state index in [4.69, 9.17) is 20.3 Å². The van der Waals surface area contributed by atoms with Gasteiger partial charge in [0.2, 0.25) is 5.95 Å². The number of aliphatic hydroxyl groups is 2. The molecule has 116 valence electrons. The van der Waals surface area contributed by atoms with Crippen LogP contribution in [0, 0.1) is 0 Å². The molecule has 0 bridgehead atoms. The third-order valence-electron chi connectivity index (χ3n) is 3.15. The van der Waals surface area contributed by atoms with E-state index in [2.05, 4.69) is 9.97 Å². The van der Waals surface area contributed by atoms with E-state index in [1.54, 1.807) is 6.92 Å². The van der Waals surface area contributed by atoms with Gasteiger partial charge >= 0.3 is 11.7 Å².